The number of thiophene rings is 1. The summed E-state index contributed by atoms with van der Waals surface area (Å²) in [6, 6.07) is 4.18. The lowest BCUT2D eigenvalue weighted by Gasteiger charge is -2.21. The topological polar surface area (TPSA) is 67.0 Å². The summed E-state index contributed by atoms with van der Waals surface area (Å²) in [4.78, 5) is 5.26. The zero-order valence-electron chi connectivity index (χ0n) is 17.2. The number of hydrogen-bond donors (Lipinski definition) is 0. The van der Waals surface area contributed by atoms with Crippen molar-refractivity contribution >= 4 is 21.6 Å². The second-order valence-electron chi connectivity index (χ2n) is 8.20. The Hall–Kier alpha value is -2.85. The number of fused-ring (bicyclic) bond motifs is 1. The van der Waals surface area contributed by atoms with E-state index < -0.39 is 6.55 Å². The van der Waals surface area contributed by atoms with Gasteiger partial charge in [-0.15, -0.1) is 11.3 Å². The number of ether oxygens (including phenoxy) is 2. The lowest BCUT2D eigenvalue weighted by atomic mass is 9.96. The maximum absolute atomic E-state index is 12.9. The van der Waals surface area contributed by atoms with Crippen LogP contribution in [-0.2, 0) is 4.74 Å². The van der Waals surface area contributed by atoms with Crippen LogP contribution in [0.4, 0.5) is 8.78 Å². The Morgan fingerprint density at radius 1 is 1.12 bits per heavy atom. The van der Waals surface area contributed by atoms with Crippen LogP contribution in [0, 0.1) is 0 Å². The van der Waals surface area contributed by atoms with E-state index in [0.29, 0.717) is 28.0 Å². The van der Waals surface area contributed by atoms with Crippen molar-refractivity contribution in [2.24, 2.45) is 0 Å². The molecule has 0 unspecified atom stereocenters. The van der Waals surface area contributed by atoms with Crippen molar-refractivity contribution in [1.29, 1.82) is 0 Å². The third-order valence-electron chi connectivity index (χ3n) is 5.94. The van der Waals surface area contributed by atoms with Gasteiger partial charge in [-0.2, -0.15) is 19.0 Å². The zero-order valence-corrected chi connectivity index (χ0v) is 18.0. The quantitative estimate of drug-likeness (QED) is 0.368. The van der Waals surface area contributed by atoms with Crippen LogP contribution < -0.4 is 4.74 Å². The molecule has 1 saturated heterocycles. The molecule has 0 N–H and O–H groups in total. The van der Waals surface area contributed by atoms with Crippen molar-refractivity contribution < 1.29 is 18.3 Å². The first-order chi connectivity index (χ1) is 15.7. The SMILES string of the molecule is FC(F)n1cc(-c2cc3nccc(Oc4cn(C5CC5)nc4C4CCOCC4)c3s2)cn1. The van der Waals surface area contributed by atoms with Crippen molar-refractivity contribution in [3.63, 3.8) is 0 Å². The van der Waals surface area contributed by atoms with Crippen LogP contribution >= 0.6 is 11.3 Å². The van der Waals surface area contributed by atoms with Gasteiger partial charge in [-0.05, 0) is 31.7 Å². The number of pyridine rings is 1. The van der Waals surface area contributed by atoms with Crippen LogP contribution in [0.3, 0.4) is 0 Å². The van der Waals surface area contributed by atoms with Gasteiger partial charge in [0.15, 0.2) is 5.75 Å². The highest BCUT2D eigenvalue weighted by Crippen LogP contribution is 2.43. The molecular formula is C22H21F2N5O2S. The second-order valence-corrected chi connectivity index (χ2v) is 9.25. The molecule has 4 aromatic heterocycles. The van der Waals surface area contributed by atoms with Crippen LogP contribution in [0.25, 0.3) is 20.7 Å². The lowest BCUT2D eigenvalue weighted by molar-refractivity contribution is 0.0566. The maximum atomic E-state index is 12.9. The normalized spacial score (nSPS) is 17.5. The van der Waals surface area contributed by atoms with Crippen LogP contribution in [0.5, 0.6) is 11.5 Å². The highest BCUT2D eigenvalue weighted by Gasteiger charge is 2.30. The van der Waals surface area contributed by atoms with Crippen LogP contribution in [-0.4, -0.2) is 37.8 Å². The molecule has 2 fully saturated rings. The van der Waals surface area contributed by atoms with Crippen molar-refractivity contribution in [2.45, 2.75) is 44.2 Å². The van der Waals surface area contributed by atoms with Gasteiger partial charge in [-0.1, -0.05) is 0 Å². The smallest absolute Gasteiger partial charge is 0.333 e. The minimum absolute atomic E-state index is 0.315. The summed E-state index contributed by atoms with van der Waals surface area (Å²) in [6.07, 6.45) is 10.7. The standard InChI is InChI=1S/C22H21F2N5O2S/c23-22(24)29-11-14(10-26-29)19-9-16-21(32-19)17(3-6-25-16)31-18-12-28(15-1-2-15)27-20(18)13-4-7-30-8-5-13/h3,6,9-13,15,22H,1-2,4-5,7-8H2. The lowest BCUT2D eigenvalue weighted by Crippen LogP contribution is -2.15. The van der Waals surface area contributed by atoms with E-state index in [-0.39, 0.29) is 0 Å². The summed E-state index contributed by atoms with van der Waals surface area (Å²) in [5.74, 6) is 1.78. The summed E-state index contributed by atoms with van der Waals surface area (Å²) < 4.78 is 41.4. The molecule has 166 valence electrons. The highest BCUT2D eigenvalue weighted by atomic mass is 32.1. The number of nitrogens with zero attached hydrogens (tertiary/aromatic N) is 5. The predicted molar refractivity (Wildman–Crippen MR) is 115 cm³/mol. The molecule has 0 aromatic carbocycles. The highest BCUT2D eigenvalue weighted by molar-refractivity contribution is 7.22. The molecule has 0 spiro atoms. The van der Waals surface area contributed by atoms with E-state index >= 15 is 0 Å². The van der Waals surface area contributed by atoms with Gasteiger partial charge in [0.05, 0.1) is 28.7 Å². The third-order valence-corrected chi connectivity index (χ3v) is 7.12. The Kier molecular flexibility index (Phi) is 4.91. The summed E-state index contributed by atoms with van der Waals surface area (Å²) in [5, 5.41) is 8.63. The molecule has 32 heavy (non-hydrogen) atoms. The minimum atomic E-state index is -2.67. The van der Waals surface area contributed by atoms with E-state index in [1.807, 2.05) is 23.0 Å². The molecule has 1 aliphatic heterocycles. The van der Waals surface area contributed by atoms with Crippen LogP contribution in [0.1, 0.15) is 49.9 Å². The average Bonchev–Trinajstić information content (AvgIpc) is 3.21. The predicted octanol–water partition coefficient (Wildman–Crippen LogP) is 5.77. The van der Waals surface area contributed by atoms with E-state index in [1.54, 1.807) is 6.20 Å². The van der Waals surface area contributed by atoms with Crippen LogP contribution in [0.2, 0.25) is 0 Å². The fourth-order valence-electron chi connectivity index (χ4n) is 4.08. The second kappa shape index (κ2) is 7.93. The first-order valence-electron chi connectivity index (χ1n) is 10.7. The molecular weight excluding hydrogens is 436 g/mol. The molecule has 1 aliphatic carbocycles. The first-order valence-corrected chi connectivity index (χ1v) is 11.5. The minimum Gasteiger partial charge on any atom is -0.452 e. The summed E-state index contributed by atoms with van der Waals surface area (Å²) >= 11 is 1.46. The fourth-order valence-corrected chi connectivity index (χ4v) is 5.12. The number of aromatic nitrogens is 5. The molecule has 7 nitrogen and oxygen atoms in total. The Morgan fingerprint density at radius 2 is 1.97 bits per heavy atom. The Bertz CT molecular complexity index is 1260. The average molecular weight is 458 g/mol. The Morgan fingerprint density at radius 3 is 2.72 bits per heavy atom. The molecule has 10 heteroatoms. The van der Waals surface area contributed by atoms with Gasteiger partial charge >= 0.3 is 6.55 Å². The van der Waals surface area contributed by atoms with Crippen molar-refractivity contribution in [3.8, 4) is 21.9 Å². The van der Waals surface area contributed by atoms with Gasteiger partial charge in [0, 0.05) is 48.0 Å². The van der Waals surface area contributed by atoms with Crippen molar-refractivity contribution in [3.05, 3.63) is 42.6 Å². The van der Waals surface area contributed by atoms with Gasteiger partial charge in [0.25, 0.3) is 0 Å². The molecule has 4 aromatic rings. The summed E-state index contributed by atoms with van der Waals surface area (Å²) in [6.45, 7) is -1.19. The largest absolute Gasteiger partial charge is 0.452 e. The van der Waals surface area contributed by atoms with Gasteiger partial charge in [0.1, 0.15) is 11.4 Å². The molecule has 0 bridgehead atoms. The molecule has 0 amide bonds. The van der Waals surface area contributed by atoms with Gasteiger partial charge in [-0.25, -0.2) is 4.68 Å². The molecule has 2 aliphatic rings. The zero-order chi connectivity index (χ0) is 21.7. The first kappa shape index (κ1) is 19.8. The molecule has 1 saturated carbocycles. The van der Waals surface area contributed by atoms with Gasteiger partial charge in [0.2, 0.25) is 0 Å². The molecule has 5 heterocycles. The van der Waals surface area contributed by atoms with E-state index in [2.05, 4.69) is 10.1 Å². The molecule has 6 rings (SSSR count). The molecule has 0 atom stereocenters. The van der Waals surface area contributed by atoms with E-state index in [4.69, 9.17) is 14.6 Å². The molecule has 0 radical (unpaired) electrons. The van der Waals surface area contributed by atoms with E-state index in [0.717, 1.165) is 65.4 Å². The Labute approximate surface area is 186 Å². The third kappa shape index (κ3) is 3.67. The fraction of sp³-hybridized carbons (Fsp3) is 0.409. The number of rotatable bonds is 6. The maximum Gasteiger partial charge on any atom is 0.333 e. The number of halogens is 2. The van der Waals surface area contributed by atoms with Gasteiger partial charge < -0.3 is 9.47 Å². The van der Waals surface area contributed by atoms with Crippen molar-refractivity contribution in [1.82, 2.24) is 24.5 Å². The number of alkyl halides is 2. The Balaban J connectivity index is 1.35. The summed E-state index contributed by atoms with van der Waals surface area (Å²) in [7, 11) is 0. The monoisotopic (exact) mass is 457 g/mol. The number of hydrogen-bond acceptors (Lipinski definition) is 6. The summed E-state index contributed by atoms with van der Waals surface area (Å²) in [5.41, 5.74) is 2.37. The van der Waals surface area contributed by atoms with Gasteiger partial charge in [-0.3, -0.25) is 9.67 Å². The van der Waals surface area contributed by atoms with Crippen LogP contribution in [0.15, 0.2) is 36.9 Å². The van der Waals surface area contributed by atoms with E-state index in [1.165, 1.54) is 23.7 Å². The van der Waals surface area contributed by atoms with E-state index in [9.17, 15) is 8.78 Å². The van der Waals surface area contributed by atoms with Crippen molar-refractivity contribution in [2.75, 3.05) is 13.2 Å².